The first kappa shape index (κ1) is 27.3. The molecule has 0 saturated heterocycles. The molecule has 0 unspecified atom stereocenters. The topological polar surface area (TPSA) is 98.8 Å². The highest BCUT2D eigenvalue weighted by Gasteiger charge is 2.28. The van der Waals surface area contributed by atoms with E-state index in [9.17, 15) is 18.0 Å². The molecule has 0 spiro atoms. The normalized spacial score (nSPS) is 14.1. The molecule has 0 saturated carbocycles. The van der Waals surface area contributed by atoms with Gasteiger partial charge in [0.25, 0.3) is 11.8 Å². The van der Waals surface area contributed by atoms with E-state index < -0.39 is 10.0 Å². The number of fused-ring (bicyclic) bond motifs is 1. The highest BCUT2D eigenvalue weighted by atomic mass is 32.2. The van der Waals surface area contributed by atoms with Gasteiger partial charge in [-0.25, -0.2) is 8.42 Å². The first-order valence-corrected chi connectivity index (χ1v) is 14.5. The molecule has 0 fully saturated rings. The third-order valence-electron chi connectivity index (χ3n) is 6.23. The summed E-state index contributed by atoms with van der Waals surface area (Å²) in [6, 6.07) is 5.99. The predicted molar refractivity (Wildman–Crippen MR) is 141 cm³/mol. The largest absolute Gasteiger partial charge is 0.355 e. The van der Waals surface area contributed by atoms with E-state index in [-0.39, 0.29) is 16.7 Å². The van der Waals surface area contributed by atoms with Crippen molar-refractivity contribution in [3.05, 3.63) is 45.8 Å². The molecule has 0 atom stereocenters. The lowest BCUT2D eigenvalue weighted by molar-refractivity contribution is 0.0962. The minimum Gasteiger partial charge on any atom is -0.355 e. The van der Waals surface area contributed by atoms with Gasteiger partial charge in [-0.2, -0.15) is 4.31 Å². The van der Waals surface area contributed by atoms with Gasteiger partial charge >= 0.3 is 0 Å². The zero-order valence-electron chi connectivity index (χ0n) is 21.0. The fourth-order valence-corrected chi connectivity index (χ4v) is 7.07. The van der Waals surface area contributed by atoms with Gasteiger partial charge in [-0.3, -0.25) is 14.5 Å². The molecule has 8 nitrogen and oxygen atoms in total. The zero-order chi connectivity index (χ0) is 25.6. The van der Waals surface area contributed by atoms with Gasteiger partial charge in [-0.1, -0.05) is 27.2 Å². The molecular weight excluding hydrogens is 484 g/mol. The second-order valence-electron chi connectivity index (χ2n) is 8.64. The minimum absolute atomic E-state index is 0.167. The maximum absolute atomic E-state index is 13.0. The van der Waals surface area contributed by atoms with Crippen molar-refractivity contribution < 1.29 is 18.0 Å². The fourth-order valence-electron chi connectivity index (χ4n) is 4.30. The van der Waals surface area contributed by atoms with Crippen LogP contribution >= 0.6 is 11.3 Å². The van der Waals surface area contributed by atoms with Crippen LogP contribution in [-0.4, -0.2) is 62.7 Å². The number of carbonyl (C=O) groups is 2. The van der Waals surface area contributed by atoms with Crippen molar-refractivity contribution in [2.75, 3.05) is 38.5 Å². The molecule has 2 aromatic rings. The summed E-state index contributed by atoms with van der Waals surface area (Å²) >= 11 is 1.44. The number of unbranched alkanes of at least 4 members (excludes halogenated alkanes) is 1. The molecule has 0 radical (unpaired) electrons. The van der Waals surface area contributed by atoms with Crippen LogP contribution in [0.2, 0.25) is 0 Å². The predicted octanol–water partition coefficient (Wildman–Crippen LogP) is 3.94. The van der Waals surface area contributed by atoms with E-state index in [4.69, 9.17) is 0 Å². The third kappa shape index (κ3) is 6.11. The quantitative estimate of drug-likeness (QED) is 0.468. The molecule has 3 rings (SSSR count). The van der Waals surface area contributed by atoms with E-state index in [0.717, 1.165) is 55.8 Å². The summed E-state index contributed by atoms with van der Waals surface area (Å²) in [5.41, 5.74) is 1.87. The highest BCUT2D eigenvalue weighted by Crippen LogP contribution is 2.37. The highest BCUT2D eigenvalue weighted by molar-refractivity contribution is 7.89. The summed E-state index contributed by atoms with van der Waals surface area (Å²) in [5, 5.41) is 6.13. The van der Waals surface area contributed by atoms with Crippen LogP contribution in [0.15, 0.2) is 29.2 Å². The maximum atomic E-state index is 13.0. The second kappa shape index (κ2) is 12.1. The molecule has 1 aliphatic heterocycles. The van der Waals surface area contributed by atoms with Crippen molar-refractivity contribution in [3.63, 3.8) is 0 Å². The number of hydrogen-bond acceptors (Lipinski definition) is 6. The van der Waals surface area contributed by atoms with Crippen LogP contribution in [0.4, 0.5) is 5.00 Å². The van der Waals surface area contributed by atoms with E-state index in [1.54, 1.807) is 7.05 Å². The van der Waals surface area contributed by atoms with Gasteiger partial charge in [0.2, 0.25) is 10.0 Å². The van der Waals surface area contributed by atoms with Gasteiger partial charge in [0, 0.05) is 43.7 Å². The molecule has 2 N–H and O–H groups in total. The molecule has 1 aromatic carbocycles. The Balaban J connectivity index is 1.82. The van der Waals surface area contributed by atoms with Gasteiger partial charge in [0.05, 0.1) is 10.5 Å². The number of carbonyl (C=O) groups excluding carboxylic acids is 2. The van der Waals surface area contributed by atoms with E-state index in [1.807, 2.05) is 13.8 Å². The van der Waals surface area contributed by atoms with E-state index in [1.165, 1.54) is 39.9 Å². The Bertz CT molecular complexity index is 1140. The minimum atomic E-state index is -3.61. The lowest BCUT2D eigenvalue weighted by Crippen LogP contribution is -2.31. The Morgan fingerprint density at radius 1 is 1.09 bits per heavy atom. The van der Waals surface area contributed by atoms with Gasteiger partial charge in [-0.05, 0) is 55.6 Å². The number of benzene rings is 1. The van der Waals surface area contributed by atoms with E-state index in [0.29, 0.717) is 29.2 Å². The maximum Gasteiger partial charge on any atom is 0.256 e. The first-order valence-electron chi connectivity index (χ1n) is 12.3. The average molecular weight is 521 g/mol. The molecular formula is C25H36N4O4S2. The molecule has 0 bridgehead atoms. The summed E-state index contributed by atoms with van der Waals surface area (Å²) in [6.07, 6.45) is 3.53. The van der Waals surface area contributed by atoms with E-state index in [2.05, 4.69) is 22.5 Å². The average Bonchev–Trinajstić information content (AvgIpc) is 3.21. The Hall–Kier alpha value is -2.27. The first-order chi connectivity index (χ1) is 16.8. The number of nitrogens with zero attached hydrogens (tertiary/aromatic N) is 2. The molecule has 10 heteroatoms. The smallest absolute Gasteiger partial charge is 0.256 e. The molecule has 1 aliphatic rings. The number of anilines is 1. The molecule has 192 valence electrons. The van der Waals surface area contributed by atoms with Crippen molar-refractivity contribution in [1.82, 2.24) is 14.5 Å². The van der Waals surface area contributed by atoms with Crippen LogP contribution in [0.3, 0.4) is 0 Å². The summed E-state index contributed by atoms with van der Waals surface area (Å²) < 4.78 is 27.4. The van der Waals surface area contributed by atoms with Crippen molar-refractivity contribution in [2.24, 2.45) is 0 Å². The SMILES string of the molecule is CCCCN(CC)S(=O)(=O)c1ccc(C(=O)Nc2sc3c(c2C(=O)NC)CCN(CCC)C3)cc1. The Kier molecular flexibility index (Phi) is 9.46. The lowest BCUT2D eigenvalue weighted by Gasteiger charge is -2.26. The Morgan fingerprint density at radius 2 is 1.80 bits per heavy atom. The third-order valence-corrected chi connectivity index (χ3v) is 9.35. The standard InChI is InChI=1S/C25H36N4O4S2/c1-5-8-15-29(7-3)35(32,33)19-11-9-18(10-12-19)23(30)27-25-22(24(31)26-4)20-13-16-28(14-6-2)17-21(20)34-25/h9-12H,5-8,13-17H2,1-4H3,(H,26,31)(H,27,30). The molecule has 35 heavy (non-hydrogen) atoms. The fraction of sp³-hybridized carbons (Fsp3) is 0.520. The van der Waals surface area contributed by atoms with Crippen LogP contribution < -0.4 is 10.6 Å². The van der Waals surface area contributed by atoms with Crippen molar-refractivity contribution in [2.45, 2.75) is 57.9 Å². The van der Waals surface area contributed by atoms with Crippen LogP contribution in [0, 0.1) is 0 Å². The van der Waals surface area contributed by atoms with Crippen LogP contribution in [-0.2, 0) is 23.0 Å². The molecule has 1 aromatic heterocycles. The van der Waals surface area contributed by atoms with Crippen LogP contribution in [0.25, 0.3) is 0 Å². The Labute approximate surface area is 212 Å². The van der Waals surface area contributed by atoms with E-state index >= 15 is 0 Å². The van der Waals surface area contributed by atoms with Crippen molar-refractivity contribution >= 4 is 38.2 Å². The van der Waals surface area contributed by atoms with Gasteiger partial charge in [0.15, 0.2) is 0 Å². The lowest BCUT2D eigenvalue weighted by atomic mass is 10.0. The number of thiophene rings is 1. The van der Waals surface area contributed by atoms with Crippen molar-refractivity contribution in [3.8, 4) is 0 Å². The van der Waals surface area contributed by atoms with Gasteiger partial charge < -0.3 is 10.6 Å². The molecule has 2 heterocycles. The summed E-state index contributed by atoms with van der Waals surface area (Å²) in [6.45, 7) is 9.51. The van der Waals surface area contributed by atoms with Crippen LogP contribution in [0.1, 0.15) is 71.2 Å². The molecule has 0 aliphatic carbocycles. The zero-order valence-corrected chi connectivity index (χ0v) is 22.7. The monoisotopic (exact) mass is 520 g/mol. The number of amides is 2. The van der Waals surface area contributed by atoms with Crippen molar-refractivity contribution in [1.29, 1.82) is 0 Å². The summed E-state index contributed by atoms with van der Waals surface area (Å²) in [4.78, 5) is 29.3. The second-order valence-corrected chi connectivity index (χ2v) is 11.7. The Morgan fingerprint density at radius 3 is 2.40 bits per heavy atom. The number of rotatable bonds is 11. The number of sulfonamides is 1. The number of nitrogens with one attached hydrogen (secondary N) is 2. The molecule has 2 amide bonds. The van der Waals surface area contributed by atoms with Gasteiger partial charge in [-0.15, -0.1) is 11.3 Å². The van der Waals surface area contributed by atoms with Gasteiger partial charge in [0.1, 0.15) is 5.00 Å². The number of hydrogen-bond donors (Lipinski definition) is 2. The summed E-state index contributed by atoms with van der Waals surface area (Å²) in [5.74, 6) is -0.587. The van der Waals surface area contributed by atoms with Crippen LogP contribution in [0.5, 0.6) is 0 Å². The summed E-state index contributed by atoms with van der Waals surface area (Å²) in [7, 11) is -2.03.